The van der Waals surface area contributed by atoms with Gasteiger partial charge in [-0.3, -0.25) is 0 Å². The summed E-state index contributed by atoms with van der Waals surface area (Å²) in [6.07, 6.45) is 2.10. The predicted octanol–water partition coefficient (Wildman–Crippen LogP) is 0.720. The molecule has 1 saturated heterocycles. The molecule has 15 heavy (non-hydrogen) atoms. The summed E-state index contributed by atoms with van der Waals surface area (Å²) in [4.78, 5) is 13.2. The lowest BCUT2D eigenvalue weighted by Gasteiger charge is -2.15. The molecule has 0 aliphatic carbocycles. The van der Waals surface area contributed by atoms with Gasteiger partial charge in [0, 0.05) is 25.6 Å². The number of nitrogens with one attached hydrogen (secondary N) is 1. The highest BCUT2D eigenvalue weighted by atomic mass is 16.5. The molecule has 5 nitrogen and oxygen atoms in total. The van der Waals surface area contributed by atoms with E-state index in [9.17, 15) is 4.79 Å². The van der Waals surface area contributed by atoms with Crippen LogP contribution in [0.3, 0.4) is 0 Å². The molecule has 1 atom stereocenters. The van der Waals surface area contributed by atoms with Crippen LogP contribution < -0.4 is 5.32 Å². The summed E-state index contributed by atoms with van der Waals surface area (Å²) >= 11 is 0. The van der Waals surface area contributed by atoms with Gasteiger partial charge in [0.15, 0.2) is 0 Å². The standard InChI is InChI=1S/C10H17N3O2/c1-15-10(14)12-9-4-7-13(8-9)6-3-2-5-11/h9H,2-4,6-8H2,1H3,(H,12,14). The normalized spacial score (nSPS) is 20.9. The molecule has 1 aliphatic rings. The molecule has 0 aromatic rings. The van der Waals surface area contributed by atoms with Gasteiger partial charge in [0.05, 0.1) is 13.2 Å². The lowest BCUT2D eigenvalue weighted by atomic mass is 10.3. The van der Waals surface area contributed by atoms with E-state index in [4.69, 9.17) is 5.26 Å². The Morgan fingerprint density at radius 3 is 3.20 bits per heavy atom. The van der Waals surface area contributed by atoms with Gasteiger partial charge in [0.25, 0.3) is 0 Å². The van der Waals surface area contributed by atoms with E-state index >= 15 is 0 Å². The van der Waals surface area contributed by atoms with Gasteiger partial charge in [-0.2, -0.15) is 5.26 Å². The van der Waals surface area contributed by atoms with Crippen molar-refractivity contribution in [3.63, 3.8) is 0 Å². The summed E-state index contributed by atoms with van der Waals surface area (Å²) in [5.41, 5.74) is 0. The van der Waals surface area contributed by atoms with E-state index in [1.807, 2.05) is 0 Å². The Bertz CT molecular complexity index is 250. The molecule has 0 radical (unpaired) electrons. The van der Waals surface area contributed by atoms with Crippen LogP contribution in [0, 0.1) is 11.3 Å². The first kappa shape index (κ1) is 11.8. The SMILES string of the molecule is COC(=O)NC1CCN(CCCC#N)C1. The lowest BCUT2D eigenvalue weighted by molar-refractivity contribution is 0.166. The van der Waals surface area contributed by atoms with E-state index < -0.39 is 0 Å². The molecule has 1 heterocycles. The van der Waals surface area contributed by atoms with Gasteiger partial charge in [-0.25, -0.2) is 4.79 Å². The Hall–Kier alpha value is -1.28. The quantitative estimate of drug-likeness (QED) is 0.696. The van der Waals surface area contributed by atoms with Crippen LogP contribution in [0.5, 0.6) is 0 Å². The monoisotopic (exact) mass is 211 g/mol. The third-order valence-electron chi connectivity index (χ3n) is 2.54. The molecule has 0 saturated carbocycles. The molecule has 0 spiro atoms. The van der Waals surface area contributed by atoms with Crippen molar-refractivity contribution in [2.24, 2.45) is 0 Å². The molecule has 0 aromatic carbocycles. The molecular formula is C10H17N3O2. The number of amides is 1. The van der Waals surface area contributed by atoms with E-state index in [1.54, 1.807) is 0 Å². The van der Waals surface area contributed by atoms with Gasteiger partial charge in [0.1, 0.15) is 0 Å². The maximum Gasteiger partial charge on any atom is 0.407 e. The number of likely N-dealkylation sites (tertiary alicyclic amines) is 1. The average molecular weight is 211 g/mol. The predicted molar refractivity (Wildman–Crippen MR) is 55.2 cm³/mol. The van der Waals surface area contributed by atoms with Crippen LogP contribution in [0.4, 0.5) is 4.79 Å². The van der Waals surface area contributed by atoms with E-state index in [0.717, 1.165) is 32.5 Å². The minimum absolute atomic E-state index is 0.194. The van der Waals surface area contributed by atoms with Crippen LogP contribution in [0.15, 0.2) is 0 Å². The molecule has 1 rings (SSSR count). The third-order valence-corrected chi connectivity index (χ3v) is 2.54. The fourth-order valence-electron chi connectivity index (χ4n) is 1.76. The molecule has 0 aromatic heterocycles. The van der Waals surface area contributed by atoms with E-state index in [1.165, 1.54) is 7.11 Å². The molecule has 1 fully saturated rings. The largest absolute Gasteiger partial charge is 0.453 e. The Balaban J connectivity index is 2.15. The number of unbranched alkanes of at least 4 members (excludes halogenated alkanes) is 1. The van der Waals surface area contributed by atoms with Gasteiger partial charge in [-0.1, -0.05) is 0 Å². The van der Waals surface area contributed by atoms with Crippen molar-refractivity contribution in [3.05, 3.63) is 0 Å². The molecular weight excluding hydrogens is 194 g/mol. The topological polar surface area (TPSA) is 65.4 Å². The van der Waals surface area contributed by atoms with Crippen LogP contribution in [-0.2, 0) is 4.74 Å². The summed E-state index contributed by atoms with van der Waals surface area (Å²) in [6.45, 7) is 2.79. The molecule has 1 amide bonds. The Labute approximate surface area is 90.0 Å². The van der Waals surface area contributed by atoms with E-state index in [2.05, 4.69) is 21.0 Å². The highest BCUT2D eigenvalue weighted by Gasteiger charge is 2.23. The van der Waals surface area contributed by atoms with Crippen molar-refractivity contribution in [1.82, 2.24) is 10.2 Å². The molecule has 1 unspecified atom stereocenters. The van der Waals surface area contributed by atoms with Gasteiger partial charge in [-0.05, 0) is 19.4 Å². The van der Waals surface area contributed by atoms with Crippen LogP contribution >= 0.6 is 0 Å². The summed E-state index contributed by atoms with van der Waals surface area (Å²) in [5.74, 6) is 0. The molecule has 0 bridgehead atoms. The van der Waals surface area contributed by atoms with Crippen molar-refractivity contribution >= 4 is 6.09 Å². The summed E-state index contributed by atoms with van der Waals surface area (Å²) in [6, 6.07) is 2.32. The molecule has 1 N–H and O–H groups in total. The number of carbonyl (C=O) groups excluding carboxylic acids is 1. The van der Waals surface area contributed by atoms with Crippen molar-refractivity contribution < 1.29 is 9.53 Å². The van der Waals surface area contributed by atoms with Crippen LogP contribution in [-0.4, -0.2) is 43.8 Å². The number of ether oxygens (including phenoxy) is 1. The highest BCUT2D eigenvalue weighted by molar-refractivity contribution is 5.67. The highest BCUT2D eigenvalue weighted by Crippen LogP contribution is 2.09. The van der Waals surface area contributed by atoms with Crippen molar-refractivity contribution in [2.75, 3.05) is 26.7 Å². The smallest absolute Gasteiger partial charge is 0.407 e. The zero-order valence-electron chi connectivity index (χ0n) is 9.03. The molecule has 84 valence electrons. The van der Waals surface area contributed by atoms with Crippen molar-refractivity contribution in [1.29, 1.82) is 5.26 Å². The number of alkyl carbamates (subject to hydrolysis) is 1. The fraction of sp³-hybridized carbons (Fsp3) is 0.800. The number of rotatable bonds is 4. The minimum Gasteiger partial charge on any atom is -0.453 e. The van der Waals surface area contributed by atoms with Gasteiger partial charge in [-0.15, -0.1) is 0 Å². The summed E-state index contributed by atoms with van der Waals surface area (Å²) in [5, 5.41) is 11.2. The molecule has 5 heteroatoms. The number of carbonyl (C=O) groups is 1. The molecule has 1 aliphatic heterocycles. The Morgan fingerprint density at radius 1 is 1.73 bits per heavy atom. The summed E-state index contributed by atoms with van der Waals surface area (Å²) < 4.78 is 4.53. The van der Waals surface area contributed by atoms with E-state index in [0.29, 0.717) is 6.42 Å². The maximum atomic E-state index is 10.9. The van der Waals surface area contributed by atoms with Gasteiger partial charge < -0.3 is 15.0 Å². The first-order valence-corrected chi connectivity index (χ1v) is 5.20. The third kappa shape index (κ3) is 4.17. The lowest BCUT2D eigenvalue weighted by Crippen LogP contribution is -2.37. The average Bonchev–Trinajstić information content (AvgIpc) is 2.66. The van der Waals surface area contributed by atoms with Crippen LogP contribution in [0.2, 0.25) is 0 Å². The number of hydrogen-bond acceptors (Lipinski definition) is 4. The Morgan fingerprint density at radius 2 is 2.53 bits per heavy atom. The minimum atomic E-state index is -0.362. The second kappa shape index (κ2) is 6.25. The number of nitriles is 1. The van der Waals surface area contributed by atoms with Gasteiger partial charge >= 0.3 is 6.09 Å². The number of methoxy groups -OCH3 is 1. The maximum absolute atomic E-state index is 10.9. The van der Waals surface area contributed by atoms with Gasteiger partial charge in [0.2, 0.25) is 0 Å². The van der Waals surface area contributed by atoms with E-state index in [-0.39, 0.29) is 12.1 Å². The first-order valence-electron chi connectivity index (χ1n) is 5.20. The second-order valence-corrected chi connectivity index (χ2v) is 3.68. The second-order valence-electron chi connectivity index (χ2n) is 3.68. The van der Waals surface area contributed by atoms with Crippen molar-refractivity contribution in [3.8, 4) is 6.07 Å². The fourth-order valence-corrected chi connectivity index (χ4v) is 1.76. The van der Waals surface area contributed by atoms with Crippen LogP contribution in [0.1, 0.15) is 19.3 Å². The number of hydrogen-bond donors (Lipinski definition) is 1. The number of nitrogens with zero attached hydrogens (tertiary/aromatic N) is 2. The first-order chi connectivity index (χ1) is 7.26. The Kier molecular flexibility index (Phi) is 4.91. The van der Waals surface area contributed by atoms with Crippen LogP contribution in [0.25, 0.3) is 0 Å². The zero-order chi connectivity index (χ0) is 11.1. The summed E-state index contributed by atoms with van der Waals surface area (Å²) in [7, 11) is 1.37. The van der Waals surface area contributed by atoms with Crippen molar-refractivity contribution in [2.45, 2.75) is 25.3 Å². The zero-order valence-corrected chi connectivity index (χ0v) is 9.03.